The van der Waals surface area contributed by atoms with Gasteiger partial charge in [-0.1, -0.05) is 6.07 Å². The Balaban J connectivity index is 2.70. The van der Waals surface area contributed by atoms with Gasteiger partial charge in [0, 0.05) is 0 Å². The standard InChI is InChI=1S/C10H17BO3S/c1-9(2,12)10(3,4)14-11(13)8-5-6-15-7-8/h5-7,12-13H,1-4H3. The minimum Gasteiger partial charge on any atom is -0.423 e. The van der Waals surface area contributed by atoms with E-state index in [0.29, 0.717) is 0 Å². The molecule has 5 heteroatoms. The first kappa shape index (κ1) is 12.7. The molecule has 15 heavy (non-hydrogen) atoms. The smallest absolute Gasteiger partial charge is 0.423 e. The maximum Gasteiger partial charge on any atom is 0.492 e. The third-order valence-corrected chi connectivity index (χ3v) is 3.41. The molecule has 0 fully saturated rings. The summed E-state index contributed by atoms with van der Waals surface area (Å²) in [7, 11) is -0.988. The number of aliphatic hydroxyl groups is 1. The maximum absolute atomic E-state index is 9.86. The minimum atomic E-state index is -1.01. The summed E-state index contributed by atoms with van der Waals surface area (Å²) in [5.74, 6) is 0. The largest absolute Gasteiger partial charge is 0.492 e. The molecule has 0 spiro atoms. The van der Waals surface area contributed by atoms with Crippen molar-refractivity contribution >= 4 is 23.9 Å². The molecule has 0 atom stereocenters. The first-order chi connectivity index (χ1) is 6.74. The van der Waals surface area contributed by atoms with E-state index in [1.54, 1.807) is 33.8 Å². The molecule has 1 aromatic rings. The summed E-state index contributed by atoms with van der Waals surface area (Å²) in [4.78, 5) is 0. The van der Waals surface area contributed by atoms with Crippen molar-refractivity contribution in [2.24, 2.45) is 0 Å². The Morgan fingerprint density at radius 1 is 1.33 bits per heavy atom. The number of hydrogen-bond donors (Lipinski definition) is 2. The molecule has 1 rings (SSSR count). The zero-order valence-electron chi connectivity index (χ0n) is 9.52. The lowest BCUT2D eigenvalue weighted by atomic mass is 9.78. The summed E-state index contributed by atoms with van der Waals surface area (Å²) >= 11 is 1.50. The van der Waals surface area contributed by atoms with Crippen molar-refractivity contribution in [3.63, 3.8) is 0 Å². The van der Waals surface area contributed by atoms with E-state index in [4.69, 9.17) is 4.65 Å². The van der Waals surface area contributed by atoms with Crippen LogP contribution < -0.4 is 5.46 Å². The Morgan fingerprint density at radius 3 is 2.33 bits per heavy atom. The third-order valence-electron chi connectivity index (χ3n) is 2.71. The second kappa shape index (κ2) is 4.25. The topological polar surface area (TPSA) is 49.7 Å². The van der Waals surface area contributed by atoms with Crippen molar-refractivity contribution in [1.82, 2.24) is 0 Å². The first-order valence-electron chi connectivity index (χ1n) is 4.84. The molecule has 0 bridgehead atoms. The summed E-state index contributed by atoms with van der Waals surface area (Å²) in [6, 6.07) is 1.80. The molecule has 0 aliphatic rings. The maximum atomic E-state index is 9.86. The van der Waals surface area contributed by atoms with Crippen LogP contribution in [0.3, 0.4) is 0 Å². The fraction of sp³-hybridized carbons (Fsp3) is 0.600. The van der Waals surface area contributed by atoms with E-state index in [9.17, 15) is 10.1 Å². The Morgan fingerprint density at radius 2 is 1.93 bits per heavy atom. The Kier molecular flexibility index (Phi) is 3.61. The van der Waals surface area contributed by atoms with Crippen LogP contribution in [0.5, 0.6) is 0 Å². The molecule has 0 unspecified atom stereocenters. The van der Waals surface area contributed by atoms with Crippen molar-refractivity contribution in [2.75, 3.05) is 0 Å². The second-order valence-electron chi connectivity index (χ2n) is 4.60. The van der Waals surface area contributed by atoms with Crippen LogP contribution in [-0.2, 0) is 4.65 Å². The van der Waals surface area contributed by atoms with E-state index in [0.717, 1.165) is 5.46 Å². The van der Waals surface area contributed by atoms with Gasteiger partial charge in [-0.3, -0.25) is 0 Å². The van der Waals surface area contributed by atoms with Gasteiger partial charge < -0.3 is 14.8 Å². The minimum absolute atomic E-state index is 0.720. The zero-order chi connectivity index (χ0) is 11.7. The van der Waals surface area contributed by atoms with Crippen molar-refractivity contribution in [3.8, 4) is 0 Å². The number of hydrogen-bond acceptors (Lipinski definition) is 4. The highest BCUT2D eigenvalue weighted by atomic mass is 32.1. The van der Waals surface area contributed by atoms with Gasteiger partial charge in [0.25, 0.3) is 0 Å². The normalized spacial score (nSPS) is 12.9. The summed E-state index contributed by atoms with van der Waals surface area (Å²) in [6.07, 6.45) is 0. The highest BCUT2D eigenvalue weighted by Crippen LogP contribution is 2.25. The number of rotatable bonds is 4. The van der Waals surface area contributed by atoms with E-state index in [1.807, 2.05) is 10.8 Å². The predicted molar refractivity (Wildman–Crippen MR) is 63.4 cm³/mol. The van der Waals surface area contributed by atoms with Gasteiger partial charge in [0.2, 0.25) is 0 Å². The molecular weight excluding hydrogens is 211 g/mol. The van der Waals surface area contributed by atoms with Gasteiger partial charge in [0.1, 0.15) is 0 Å². The lowest BCUT2D eigenvalue weighted by molar-refractivity contribution is -0.0982. The Bertz CT molecular complexity index is 303. The summed E-state index contributed by atoms with van der Waals surface area (Å²) in [5, 5.41) is 23.3. The molecule has 1 heterocycles. The zero-order valence-corrected chi connectivity index (χ0v) is 10.3. The van der Waals surface area contributed by atoms with Crippen molar-refractivity contribution < 1.29 is 14.8 Å². The SMILES string of the molecule is CC(C)(O)C(C)(C)OB(O)c1ccsc1. The van der Waals surface area contributed by atoms with E-state index in [1.165, 1.54) is 11.3 Å². The lowest BCUT2D eigenvalue weighted by Gasteiger charge is -2.38. The lowest BCUT2D eigenvalue weighted by Crippen LogP contribution is -2.52. The van der Waals surface area contributed by atoms with Gasteiger partial charge in [-0.05, 0) is 43.9 Å². The molecular formula is C10H17BO3S. The Hall–Kier alpha value is -0.355. The number of thiophene rings is 1. The second-order valence-corrected chi connectivity index (χ2v) is 5.38. The quantitative estimate of drug-likeness (QED) is 0.756. The molecule has 3 nitrogen and oxygen atoms in total. The Labute approximate surface area is 94.9 Å². The summed E-state index contributed by atoms with van der Waals surface area (Å²) in [5.41, 5.74) is -1.10. The van der Waals surface area contributed by atoms with Gasteiger partial charge >= 0.3 is 7.12 Å². The molecule has 0 amide bonds. The van der Waals surface area contributed by atoms with E-state index < -0.39 is 18.3 Å². The van der Waals surface area contributed by atoms with Crippen LogP contribution in [0.1, 0.15) is 27.7 Å². The molecule has 84 valence electrons. The molecule has 0 saturated carbocycles. The van der Waals surface area contributed by atoms with Gasteiger partial charge in [0.05, 0.1) is 11.2 Å². The van der Waals surface area contributed by atoms with Crippen molar-refractivity contribution in [3.05, 3.63) is 16.8 Å². The molecule has 0 aliphatic carbocycles. The van der Waals surface area contributed by atoms with Crippen LogP contribution in [0.25, 0.3) is 0 Å². The molecule has 0 radical (unpaired) electrons. The molecule has 2 N–H and O–H groups in total. The highest BCUT2D eigenvalue weighted by molar-refractivity contribution is 7.09. The van der Waals surface area contributed by atoms with E-state index >= 15 is 0 Å². The average Bonchev–Trinajstić information content (AvgIpc) is 2.51. The van der Waals surface area contributed by atoms with Crippen LogP contribution in [0.15, 0.2) is 16.8 Å². The van der Waals surface area contributed by atoms with Crippen LogP contribution in [0.2, 0.25) is 0 Å². The van der Waals surface area contributed by atoms with Gasteiger partial charge in [-0.25, -0.2) is 0 Å². The predicted octanol–water partition coefficient (Wildman–Crippen LogP) is 1.00. The van der Waals surface area contributed by atoms with Crippen LogP contribution in [0.4, 0.5) is 0 Å². The van der Waals surface area contributed by atoms with E-state index in [-0.39, 0.29) is 0 Å². The van der Waals surface area contributed by atoms with Crippen LogP contribution >= 0.6 is 11.3 Å². The van der Waals surface area contributed by atoms with Crippen molar-refractivity contribution in [2.45, 2.75) is 38.9 Å². The molecule has 0 aromatic carbocycles. The molecule has 0 saturated heterocycles. The fourth-order valence-corrected chi connectivity index (χ4v) is 1.57. The molecule has 1 aromatic heterocycles. The third kappa shape index (κ3) is 3.05. The van der Waals surface area contributed by atoms with E-state index in [2.05, 4.69) is 0 Å². The molecule has 0 aliphatic heterocycles. The van der Waals surface area contributed by atoms with Crippen LogP contribution in [-0.4, -0.2) is 28.5 Å². The summed E-state index contributed by atoms with van der Waals surface area (Å²) in [6.45, 7) is 6.83. The van der Waals surface area contributed by atoms with Gasteiger partial charge in [0.15, 0.2) is 0 Å². The van der Waals surface area contributed by atoms with Gasteiger partial charge in [-0.15, -0.1) is 0 Å². The monoisotopic (exact) mass is 228 g/mol. The van der Waals surface area contributed by atoms with Crippen LogP contribution in [0, 0.1) is 0 Å². The highest BCUT2D eigenvalue weighted by Gasteiger charge is 2.39. The van der Waals surface area contributed by atoms with Gasteiger partial charge in [-0.2, -0.15) is 11.3 Å². The average molecular weight is 228 g/mol. The first-order valence-corrected chi connectivity index (χ1v) is 5.79. The summed E-state index contributed by atoms with van der Waals surface area (Å²) < 4.78 is 5.46. The van der Waals surface area contributed by atoms with Crippen molar-refractivity contribution in [1.29, 1.82) is 0 Å². The fourth-order valence-electron chi connectivity index (χ4n) is 0.907.